The maximum absolute atomic E-state index is 13.1. The van der Waals surface area contributed by atoms with Gasteiger partial charge in [0.2, 0.25) is 0 Å². The van der Waals surface area contributed by atoms with E-state index in [4.69, 9.17) is 14.5 Å². The van der Waals surface area contributed by atoms with Gasteiger partial charge in [0.1, 0.15) is 5.65 Å². The smallest absolute Gasteiger partial charge is 0.356 e. The van der Waals surface area contributed by atoms with Crippen molar-refractivity contribution in [2.45, 2.75) is 58.7 Å². The highest BCUT2D eigenvalue weighted by molar-refractivity contribution is 6.14. The number of ether oxygens (including phenoxy) is 2. The zero-order valence-electron chi connectivity index (χ0n) is 20.8. The molecule has 4 rings (SSSR count). The molecule has 1 amide bonds. The van der Waals surface area contributed by atoms with E-state index in [2.05, 4.69) is 31.4 Å². The van der Waals surface area contributed by atoms with E-state index in [-0.39, 0.29) is 23.7 Å². The summed E-state index contributed by atoms with van der Waals surface area (Å²) >= 11 is 0. The summed E-state index contributed by atoms with van der Waals surface area (Å²) in [7, 11) is 1.34. The highest BCUT2D eigenvalue weighted by atomic mass is 16.5. The molecule has 1 fully saturated rings. The molecule has 0 aliphatic carbocycles. The lowest BCUT2D eigenvalue weighted by Crippen LogP contribution is -2.21. The minimum Gasteiger partial charge on any atom is -0.464 e. The van der Waals surface area contributed by atoms with Crippen LogP contribution in [0.2, 0.25) is 0 Å². The summed E-state index contributed by atoms with van der Waals surface area (Å²) in [6, 6.07) is 11.1. The van der Waals surface area contributed by atoms with Crippen molar-refractivity contribution < 1.29 is 19.1 Å². The summed E-state index contributed by atoms with van der Waals surface area (Å²) < 4.78 is 12.8. The van der Waals surface area contributed by atoms with E-state index in [0.29, 0.717) is 41.4 Å². The first kappa shape index (κ1) is 24.7. The van der Waals surface area contributed by atoms with Crippen molar-refractivity contribution in [3.63, 3.8) is 0 Å². The van der Waals surface area contributed by atoms with Crippen LogP contribution in [0.15, 0.2) is 42.6 Å². The van der Waals surface area contributed by atoms with Crippen LogP contribution in [0.3, 0.4) is 0 Å². The number of amides is 1. The molecular weight excluding hydrogens is 444 g/mol. The molecule has 3 aromatic rings. The van der Waals surface area contributed by atoms with Crippen molar-refractivity contribution in [3.05, 3.63) is 53.9 Å². The van der Waals surface area contributed by atoms with Crippen LogP contribution in [0.5, 0.6) is 0 Å². The summed E-state index contributed by atoms with van der Waals surface area (Å²) in [5, 5.41) is 7.15. The molecular formula is C27H34N4O4. The second kappa shape index (κ2) is 10.9. The van der Waals surface area contributed by atoms with Crippen molar-refractivity contribution in [2.24, 2.45) is 5.92 Å². The van der Waals surface area contributed by atoms with Crippen LogP contribution in [0.1, 0.15) is 60.9 Å². The Hall–Kier alpha value is -3.39. The lowest BCUT2D eigenvalue weighted by Gasteiger charge is -2.17. The first-order chi connectivity index (χ1) is 16.9. The van der Waals surface area contributed by atoms with Gasteiger partial charge in [-0.1, -0.05) is 32.0 Å². The number of rotatable bonds is 9. The van der Waals surface area contributed by atoms with E-state index in [1.807, 2.05) is 16.7 Å². The number of nitrogens with one attached hydrogen (secondary N) is 2. The van der Waals surface area contributed by atoms with Crippen LogP contribution >= 0.6 is 0 Å². The molecule has 35 heavy (non-hydrogen) atoms. The Morgan fingerprint density at radius 1 is 1.23 bits per heavy atom. The van der Waals surface area contributed by atoms with E-state index in [0.717, 1.165) is 24.9 Å². The first-order valence-electron chi connectivity index (χ1n) is 12.2. The molecule has 2 aromatic heterocycles. The van der Waals surface area contributed by atoms with E-state index in [1.165, 1.54) is 7.11 Å². The van der Waals surface area contributed by atoms with E-state index in [9.17, 15) is 9.59 Å². The summed E-state index contributed by atoms with van der Waals surface area (Å²) in [4.78, 5) is 30.9. The molecule has 0 saturated carbocycles. The zero-order valence-corrected chi connectivity index (χ0v) is 20.8. The number of methoxy groups -OCH3 is 1. The number of aromatic nitrogens is 2. The van der Waals surface area contributed by atoms with Crippen molar-refractivity contribution in [3.8, 4) is 0 Å². The molecule has 8 heteroatoms. The minimum absolute atomic E-state index is 0.0302. The van der Waals surface area contributed by atoms with E-state index < -0.39 is 5.97 Å². The molecule has 186 valence electrons. The highest BCUT2D eigenvalue weighted by Crippen LogP contribution is 2.34. The van der Waals surface area contributed by atoms with Gasteiger partial charge in [-0.05, 0) is 50.3 Å². The third-order valence-electron chi connectivity index (χ3n) is 6.20. The third-order valence-corrected chi connectivity index (χ3v) is 6.20. The molecule has 0 radical (unpaired) electrons. The number of pyridine rings is 1. The molecule has 1 aromatic carbocycles. The number of carbonyl (C=O) groups excluding carboxylic acids is 2. The van der Waals surface area contributed by atoms with Gasteiger partial charge in [0, 0.05) is 23.6 Å². The van der Waals surface area contributed by atoms with Gasteiger partial charge in [0.25, 0.3) is 5.91 Å². The number of carbonyl (C=O) groups is 2. The molecule has 2 atom stereocenters. The van der Waals surface area contributed by atoms with Gasteiger partial charge in [-0.15, -0.1) is 0 Å². The summed E-state index contributed by atoms with van der Waals surface area (Å²) in [6.07, 6.45) is 4.62. The van der Waals surface area contributed by atoms with Crippen molar-refractivity contribution >= 4 is 34.3 Å². The van der Waals surface area contributed by atoms with Gasteiger partial charge in [-0.3, -0.25) is 4.79 Å². The standard InChI is InChI=1S/C27H34N4O4/c1-17(2)13-18(3)29-20-14-22-23(30-26(32)19-9-6-5-7-10-19)24(27(33)34-4)31(25(22)28-15-20)16-21-11-8-12-35-21/h5-7,9-10,14-15,17-18,21,29H,8,11-13,16H2,1-4H3,(H,30,32)/t18-,21-/m0/s1. The fourth-order valence-electron chi connectivity index (χ4n) is 4.73. The number of anilines is 2. The molecule has 8 nitrogen and oxygen atoms in total. The van der Waals surface area contributed by atoms with Crippen LogP contribution in [0.25, 0.3) is 11.0 Å². The maximum Gasteiger partial charge on any atom is 0.356 e. The normalized spacial score (nSPS) is 16.4. The lowest BCUT2D eigenvalue weighted by atomic mass is 10.1. The topological polar surface area (TPSA) is 94.5 Å². The quantitative estimate of drug-likeness (QED) is 0.416. The Kier molecular flexibility index (Phi) is 7.70. The van der Waals surface area contributed by atoms with Gasteiger partial charge in [-0.25, -0.2) is 9.78 Å². The number of hydrogen-bond donors (Lipinski definition) is 2. The van der Waals surface area contributed by atoms with Crippen LogP contribution in [-0.2, 0) is 16.0 Å². The number of esters is 1. The molecule has 2 N–H and O–H groups in total. The summed E-state index contributed by atoms with van der Waals surface area (Å²) in [5.41, 5.74) is 2.59. The molecule has 0 unspecified atom stereocenters. The van der Waals surface area contributed by atoms with Crippen molar-refractivity contribution in [1.82, 2.24) is 9.55 Å². The Labute approximate surface area is 206 Å². The van der Waals surface area contributed by atoms with Gasteiger partial charge >= 0.3 is 5.97 Å². The fraction of sp³-hybridized carbons (Fsp3) is 0.444. The third kappa shape index (κ3) is 5.65. The lowest BCUT2D eigenvalue weighted by molar-refractivity contribution is 0.0580. The molecule has 3 heterocycles. The molecule has 1 saturated heterocycles. The zero-order chi connectivity index (χ0) is 24.9. The second-order valence-electron chi connectivity index (χ2n) is 9.55. The minimum atomic E-state index is -0.535. The Bertz CT molecular complexity index is 1180. The Morgan fingerprint density at radius 3 is 2.66 bits per heavy atom. The van der Waals surface area contributed by atoms with Gasteiger partial charge in [-0.2, -0.15) is 0 Å². The predicted octanol–water partition coefficient (Wildman–Crippen LogP) is 5.10. The van der Waals surface area contributed by atoms with Crippen LogP contribution in [-0.4, -0.2) is 47.3 Å². The number of nitrogens with zero attached hydrogens (tertiary/aromatic N) is 2. The molecule has 1 aliphatic heterocycles. The van der Waals surface area contributed by atoms with Crippen molar-refractivity contribution in [1.29, 1.82) is 0 Å². The van der Waals surface area contributed by atoms with E-state index in [1.54, 1.807) is 30.5 Å². The number of fused-ring (bicyclic) bond motifs is 1. The SMILES string of the molecule is COC(=O)c1c(NC(=O)c2ccccc2)c2cc(N[C@@H](C)CC(C)C)cnc2n1C[C@@H]1CCCO1. The molecule has 1 aliphatic rings. The number of benzene rings is 1. The summed E-state index contributed by atoms with van der Waals surface area (Å²) in [5.74, 6) is -0.293. The maximum atomic E-state index is 13.1. The average Bonchev–Trinajstić information content (AvgIpc) is 3.45. The van der Waals surface area contributed by atoms with Crippen LogP contribution in [0, 0.1) is 5.92 Å². The predicted molar refractivity (Wildman–Crippen MR) is 137 cm³/mol. The van der Waals surface area contributed by atoms with Crippen LogP contribution in [0.4, 0.5) is 11.4 Å². The fourth-order valence-corrected chi connectivity index (χ4v) is 4.73. The van der Waals surface area contributed by atoms with Gasteiger partial charge in [0.15, 0.2) is 5.69 Å². The second-order valence-corrected chi connectivity index (χ2v) is 9.55. The molecule has 0 spiro atoms. The van der Waals surface area contributed by atoms with E-state index >= 15 is 0 Å². The van der Waals surface area contributed by atoms with Gasteiger partial charge in [0.05, 0.1) is 37.3 Å². The highest BCUT2D eigenvalue weighted by Gasteiger charge is 2.29. The van der Waals surface area contributed by atoms with Gasteiger partial charge < -0.3 is 24.7 Å². The summed E-state index contributed by atoms with van der Waals surface area (Å²) in [6.45, 7) is 7.65. The number of hydrogen-bond acceptors (Lipinski definition) is 6. The first-order valence-corrected chi connectivity index (χ1v) is 12.2. The largest absolute Gasteiger partial charge is 0.464 e. The Morgan fingerprint density at radius 2 is 2.00 bits per heavy atom. The van der Waals surface area contributed by atoms with Crippen molar-refractivity contribution in [2.75, 3.05) is 24.4 Å². The monoisotopic (exact) mass is 478 g/mol. The Balaban J connectivity index is 1.81. The van der Waals surface area contributed by atoms with Crippen LogP contribution < -0.4 is 10.6 Å². The average molecular weight is 479 g/mol. The molecule has 0 bridgehead atoms.